The number of benzene rings is 1. The summed E-state index contributed by atoms with van der Waals surface area (Å²) in [5.74, 6) is 0.575. The molecule has 3 rings (SSSR count). The molecule has 0 radical (unpaired) electrons. The number of nitrogens with zero attached hydrogens (tertiary/aromatic N) is 1. The lowest BCUT2D eigenvalue weighted by Gasteiger charge is -2.30. The van der Waals surface area contributed by atoms with Crippen LogP contribution in [0.25, 0.3) is 0 Å². The van der Waals surface area contributed by atoms with Crippen molar-refractivity contribution in [2.24, 2.45) is 0 Å². The lowest BCUT2D eigenvalue weighted by molar-refractivity contribution is -0.0201. The Balaban J connectivity index is 1.69. The van der Waals surface area contributed by atoms with Crippen LogP contribution in [0, 0.1) is 0 Å². The SMILES string of the molecule is COc1ccc(S(=O)(=O)NC[C@@H]2O[C@@H](CO)[C@@H](O)[C@H]2N2CCCC2)cc1. The van der Waals surface area contributed by atoms with Gasteiger partial charge in [0.1, 0.15) is 18.0 Å². The highest BCUT2D eigenvalue weighted by molar-refractivity contribution is 7.89. The maximum atomic E-state index is 12.5. The molecular weight excluding hydrogens is 360 g/mol. The van der Waals surface area contributed by atoms with Gasteiger partial charge < -0.3 is 19.7 Å². The van der Waals surface area contributed by atoms with Gasteiger partial charge in [0.05, 0.1) is 30.8 Å². The van der Waals surface area contributed by atoms with Crippen LogP contribution in [0.1, 0.15) is 12.8 Å². The van der Waals surface area contributed by atoms with E-state index in [1.54, 1.807) is 12.1 Å². The summed E-state index contributed by atoms with van der Waals surface area (Å²) in [6.45, 7) is 1.41. The third kappa shape index (κ3) is 4.03. The maximum absolute atomic E-state index is 12.5. The Morgan fingerprint density at radius 1 is 1.23 bits per heavy atom. The summed E-state index contributed by atoms with van der Waals surface area (Å²) in [5, 5.41) is 19.9. The van der Waals surface area contributed by atoms with Gasteiger partial charge in [0.15, 0.2) is 0 Å². The third-order valence-electron chi connectivity index (χ3n) is 5.05. The first-order valence-electron chi connectivity index (χ1n) is 8.78. The molecule has 3 N–H and O–H groups in total. The number of aliphatic hydroxyl groups excluding tert-OH is 2. The zero-order valence-electron chi connectivity index (χ0n) is 14.7. The average molecular weight is 386 g/mol. The summed E-state index contributed by atoms with van der Waals surface area (Å²) < 4.78 is 38.4. The first kappa shape index (κ1) is 19.5. The summed E-state index contributed by atoms with van der Waals surface area (Å²) >= 11 is 0. The number of ether oxygens (including phenoxy) is 2. The second kappa shape index (κ2) is 8.20. The standard InChI is InChI=1S/C17H26N2O6S/c1-24-12-4-6-13(7-5-12)26(22,23)18-10-14-16(19-8-2-3-9-19)17(21)15(11-20)25-14/h4-7,14-18,20-21H,2-3,8-11H2,1H3/t14-,15-,16-,17+/m0/s1. The fourth-order valence-corrected chi connectivity index (χ4v) is 4.71. The second-order valence-corrected chi connectivity index (χ2v) is 8.41. The van der Waals surface area contributed by atoms with Crippen molar-refractivity contribution in [1.29, 1.82) is 0 Å². The normalized spacial score (nSPS) is 30.0. The number of hydrogen-bond acceptors (Lipinski definition) is 7. The van der Waals surface area contributed by atoms with Gasteiger partial charge in [-0.05, 0) is 50.2 Å². The monoisotopic (exact) mass is 386 g/mol. The molecule has 1 aromatic rings. The van der Waals surface area contributed by atoms with E-state index in [2.05, 4.69) is 9.62 Å². The van der Waals surface area contributed by atoms with E-state index in [0.29, 0.717) is 5.75 Å². The van der Waals surface area contributed by atoms with Crippen molar-refractivity contribution in [3.8, 4) is 5.75 Å². The quantitative estimate of drug-likeness (QED) is 0.583. The van der Waals surface area contributed by atoms with Crippen LogP contribution >= 0.6 is 0 Å². The molecule has 0 amide bonds. The molecule has 1 aromatic carbocycles. The molecule has 4 atom stereocenters. The Morgan fingerprint density at radius 2 is 1.88 bits per heavy atom. The molecule has 2 fully saturated rings. The number of likely N-dealkylation sites (tertiary alicyclic amines) is 1. The highest BCUT2D eigenvalue weighted by Crippen LogP contribution is 2.28. The minimum absolute atomic E-state index is 0.0308. The highest BCUT2D eigenvalue weighted by atomic mass is 32.2. The Labute approximate surface area is 153 Å². The van der Waals surface area contributed by atoms with Crippen LogP contribution < -0.4 is 9.46 Å². The van der Waals surface area contributed by atoms with Gasteiger partial charge in [0, 0.05) is 6.54 Å². The zero-order valence-corrected chi connectivity index (χ0v) is 15.6. The molecule has 9 heteroatoms. The van der Waals surface area contributed by atoms with Gasteiger partial charge in [0.2, 0.25) is 10.0 Å². The second-order valence-electron chi connectivity index (χ2n) is 6.65. The van der Waals surface area contributed by atoms with Crippen molar-refractivity contribution in [1.82, 2.24) is 9.62 Å². The first-order valence-corrected chi connectivity index (χ1v) is 10.3. The molecule has 0 aromatic heterocycles. The van der Waals surface area contributed by atoms with E-state index in [-0.39, 0.29) is 24.1 Å². The summed E-state index contributed by atoms with van der Waals surface area (Å²) in [7, 11) is -2.20. The van der Waals surface area contributed by atoms with E-state index >= 15 is 0 Å². The lowest BCUT2D eigenvalue weighted by atomic mass is 10.0. The largest absolute Gasteiger partial charge is 0.497 e. The third-order valence-corrected chi connectivity index (χ3v) is 6.49. The first-order chi connectivity index (χ1) is 12.5. The van der Waals surface area contributed by atoms with E-state index in [1.165, 1.54) is 19.2 Å². The zero-order chi connectivity index (χ0) is 18.7. The van der Waals surface area contributed by atoms with Gasteiger partial charge in [-0.25, -0.2) is 13.1 Å². The Hall–Kier alpha value is -1.23. The molecule has 2 aliphatic rings. The minimum Gasteiger partial charge on any atom is -0.497 e. The minimum atomic E-state index is -3.71. The van der Waals surface area contributed by atoms with Gasteiger partial charge >= 0.3 is 0 Å². The van der Waals surface area contributed by atoms with Crippen LogP contribution in [0.5, 0.6) is 5.75 Å². The number of rotatable bonds is 7. The van der Waals surface area contributed by atoms with Gasteiger partial charge in [0.25, 0.3) is 0 Å². The van der Waals surface area contributed by atoms with E-state index in [0.717, 1.165) is 25.9 Å². The molecule has 2 heterocycles. The molecule has 26 heavy (non-hydrogen) atoms. The van der Waals surface area contributed by atoms with Crippen LogP contribution in [0.4, 0.5) is 0 Å². The molecule has 0 saturated carbocycles. The molecule has 0 aliphatic carbocycles. The molecule has 0 unspecified atom stereocenters. The van der Waals surface area contributed by atoms with Gasteiger partial charge in [-0.3, -0.25) is 4.90 Å². The van der Waals surface area contributed by atoms with Crippen molar-refractivity contribution in [2.75, 3.05) is 33.4 Å². The van der Waals surface area contributed by atoms with E-state index in [9.17, 15) is 18.6 Å². The molecule has 8 nitrogen and oxygen atoms in total. The molecular formula is C17H26N2O6S. The van der Waals surface area contributed by atoms with Gasteiger partial charge in [-0.15, -0.1) is 0 Å². The Kier molecular flexibility index (Phi) is 6.16. The number of nitrogens with one attached hydrogen (secondary N) is 1. The van der Waals surface area contributed by atoms with Gasteiger partial charge in [-0.2, -0.15) is 0 Å². The Bertz CT molecular complexity index is 690. The van der Waals surface area contributed by atoms with E-state index < -0.39 is 28.3 Å². The number of methoxy groups -OCH3 is 1. The fourth-order valence-electron chi connectivity index (χ4n) is 3.67. The molecule has 2 saturated heterocycles. The number of sulfonamides is 1. The van der Waals surface area contributed by atoms with Crippen molar-refractivity contribution in [2.45, 2.75) is 42.1 Å². The maximum Gasteiger partial charge on any atom is 0.240 e. The van der Waals surface area contributed by atoms with Crippen molar-refractivity contribution < 1.29 is 28.1 Å². The summed E-state index contributed by atoms with van der Waals surface area (Å²) in [6.07, 6.45) is 0.0205. The predicted molar refractivity (Wildman–Crippen MR) is 94.5 cm³/mol. The average Bonchev–Trinajstić information content (AvgIpc) is 3.27. The summed E-state index contributed by atoms with van der Waals surface area (Å²) in [4.78, 5) is 2.25. The smallest absolute Gasteiger partial charge is 0.240 e. The molecule has 146 valence electrons. The van der Waals surface area contributed by atoms with Crippen LogP contribution in [-0.4, -0.2) is 81.2 Å². The van der Waals surface area contributed by atoms with Crippen LogP contribution in [-0.2, 0) is 14.8 Å². The number of hydrogen-bond donors (Lipinski definition) is 3. The highest BCUT2D eigenvalue weighted by Gasteiger charge is 2.46. The van der Waals surface area contributed by atoms with Crippen molar-refractivity contribution >= 4 is 10.0 Å². The van der Waals surface area contributed by atoms with Crippen LogP contribution in [0.2, 0.25) is 0 Å². The van der Waals surface area contributed by atoms with Crippen LogP contribution in [0.3, 0.4) is 0 Å². The summed E-state index contributed by atoms with van der Waals surface area (Å²) in [5.41, 5.74) is 0. The van der Waals surface area contributed by atoms with Crippen molar-refractivity contribution in [3.63, 3.8) is 0 Å². The Morgan fingerprint density at radius 3 is 2.46 bits per heavy atom. The molecule has 2 aliphatic heterocycles. The fraction of sp³-hybridized carbons (Fsp3) is 0.647. The topological polar surface area (TPSA) is 108 Å². The summed E-state index contributed by atoms with van der Waals surface area (Å²) in [6, 6.07) is 5.78. The van der Waals surface area contributed by atoms with Crippen LogP contribution in [0.15, 0.2) is 29.2 Å². The predicted octanol–water partition coefficient (Wildman–Crippen LogP) is -0.441. The number of aliphatic hydroxyl groups is 2. The van der Waals surface area contributed by atoms with Gasteiger partial charge in [-0.1, -0.05) is 0 Å². The van der Waals surface area contributed by atoms with E-state index in [1.807, 2.05) is 0 Å². The molecule has 0 spiro atoms. The lowest BCUT2D eigenvalue weighted by Crippen LogP contribution is -2.50. The van der Waals surface area contributed by atoms with E-state index in [4.69, 9.17) is 9.47 Å². The molecule has 0 bridgehead atoms. The van der Waals surface area contributed by atoms with Crippen molar-refractivity contribution in [3.05, 3.63) is 24.3 Å².